The van der Waals surface area contributed by atoms with Crippen LogP contribution in [0, 0.1) is 52.3 Å². The Hall–Kier alpha value is -0.120. The fraction of sp³-hybridized carbons (Fsp3) is 1.00. The van der Waals surface area contributed by atoms with Crippen LogP contribution in [0.3, 0.4) is 0 Å². The van der Waals surface area contributed by atoms with E-state index in [0.717, 1.165) is 55.4 Å². The number of aliphatic hydroxyl groups is 2. The van der Waals surface area contributed by atoms with Gasteiger partial charge in [0, 0.05) is 11.5 Å². The maximum absolute atomic E-state index is 11.5. The summed E-state index contributed by atoms with van der Waals surface area (Å²) in [5.41, 5.74) is 0.498. The Bertz CT molecular complexity index is 630. The first-order valence-electron chi connectivity index (χ1n) is 13.3. The highest BCUT2D eigenvalue weighted by molar-refractivity contribution is 5.12. The number of piperidine rings is 1. The lowest BCUT2D eigenvalue weighted by Gasteiger charge is -2.59. The first kappa shape index (κ1) is 21.7. The molecule has 0 aromatic rings. The highest BCUT2D eigenvalue weighted by atomic mass is 16.3. The molecule has 1 saturated heterocycles. The van der Waals surface area contributed by atoms with E-state index in [1.54, 1.807) is 0 Å². The molecular formula is C27H47NO2. The Balaban J connectivity index is 1.36. The van der Waals surface area contributed by atoms with Gasteiger partial charge in [0.25, 0.3) is 0 Å². The molecule has 0 bridgehead atoms. The van der Waals surface area contributed by atoms with Crippen molar-refractivity contribution in [3.8, 4) is 0 Å². The van der Waals surface area contributed by atoms with Crippen molar-refractivity contribution in [1.82, 2.24) is 5.32 Å². The lowest BCUT2D eigenvalue weighted by atomic mass is 9.46. The third-order valence-electron chi connectivity index (χ3n) is 11.9. The molecule has 4 aliphatic carbocycles. The molecule has 30 heavy (non-hydrogen) atoms. The molecular weight excluding hydrogens is 370 g/mol. The van der Waals surface area contributed by atoms with Crippen LogP contribution in [0.15, 0.2) is 0 Å². The van der Waals surface area contributed by atoms with E-state index in [0.29, 0.717) is 23.3 Å². The number of rotatable bonds is 2. The van der Waals surface area contributed by atoms with Crippen molar-refractivity contribution < 1.29 is 10.2 Å². The van der Waals surface area contributed by atoms with Gasteiger partial charge in [-0.05, 0) is 118 Å². The van der Waals surface area contributed by atoms with Crippen LogP contribution in [-0.4, -0.2) is 35.0 Å². The van der Waals surface area contributed by atoms with Crippen LogP contribution in [0.1, 0.15) is 91.9 Å². The second-order valence-electron chi connectivity index (χ2n) is 12.9. The lowest BCUT2D eigenvalue weighted by Crippen LogP contribution is -2.55. The van der Waals surface area contributed by atoms with Gasteiger partial charge < -0.3 is 15.5 Å². The molecule has 0 aromatic heterocycles. The maximum atomic E-state index is 11.5. The first-order chi connectivity index (χ1) is 14.2. The Morgan fingerprint density at radius 1 is 0.867 bits per heavy atom. The minimum Gasteiger partial charge on any atom is -0.393 e. The number of hydrogen-bond acceptors (Lipinski definition) is 3. The van der Waals surface area contributed by atoms with Crippen molar-refractivity contribution in [3.05, 3.63) is 0 Å². The normalized spacial score (nSPS) is 57.2. The van der Waals surface area contributed by atoms with E-state index in [9.17, 15) is 10.2 Å². The van der Waals surface area contributed by atoms with Gasteiger partial charge in [0.1, 0.15) is 0 Å². The van der Waals surface area contributed by atoms with Crippen molar-refractivity contribution in [3.63, 3.8) is 0 Å². The molecule has 0 radical (unpaired) electrons. The van der Waals surface area contributed by atoms with Gasteiger partial charge in [-0.1, -0.05) is 27.7 Å². The zero-order chi connectivity index (χ0) is 21.3. The third-order valence-corrected chi connectivity index (χ3v) is 11.9. The SMILES string of the molecule is C[C@H]1CC[C@@H]([C@@H](C)[C@]2(C)[C@@H]3CC[C@H]4[C@@H](CC[C@H]5C[C@@H](O)CC[C@@]54C)[C@@H]3C[C@@H]2O)NC1. The van der Waals surface area contributed by atoms with Gasteiger partial charge in [-0.2, -0.15) is 0 Å². The predicted molar refractivity (Wildman–Crippen MR) is 122 cm³/mol. The molecule has 12 atom stereocenters. The van der Waals surface area contributed by atoms with Crippen molar-refractivity contribution >= 4 is 0 Å². The van der Waals surface area contributed by atoms with Crippen LogP contribution in [0.2, 0.25) is 0 Å². The lowest BCUT2D eigenvalue weighted by molar-refractivity contribution is -0.118. The summed E-state index contributed by atoms with van der Waals surface area (Å²) < 4.78 is 0. The summed E-state index contributed by atoms with van der Waals surface area (Å²) >= 11 is 0. The van der Waals surface area contributed by atoms with Crippen LogP contribution < -0.4 is 5.32 Å². The quantitative estimate of drug-likeness (QED) is 0.592. The fourth-order valence-electron chi connectivity index (χ4n) is 9.74. The number of aliphatic hydroxyl groups excluding tert-OH is 2. The molecule has 4 saturated carbocycles. The van der Waals surface area contributed by atoms with E-state index >= 15 is 0 Å². The van der Waals surface area contributed by atoms with Crippen LogP contribution in [0.25, 0.3) is 0 Å². The molecule has 0 spiro atoms. The minimum absolute atomic E-state index is 0.0564. The number of fused-ring (bicyclic) bond motifs is 5. The van der Waals surface area contributed by atoms with E-state index in [4.69, 9.17) is 0 Å². The van der Waals surface area contributed by atoms with Gasteiger partial charge in [-0.15, -0.1) is 0 Å². The van der Waals surface area contributed by atoms with Gasteiger partial charge in [-0.3, -0.25) is 0 Å². The Morgan fingerprint density at radius 2 is 1.63 bits per heavy atom. The van der Waals surface area contributed by atoms with Gasteiger partial charge >= 0.3 is 0 Å². The molecule has 3 nitrogen and oxygen atoms in total. The molecule has 5 aliphatic rings. The van der Waals surface area contributed by atoms with E-state index in [-0.39, 0.29) is 17.6 Å². The first-order valence-corrected chi connectivity index (χ1v) is 13.3. The molecule has 0 amide bonds. The number of hydrogen-bond donors (Lipinski definition) is 3. The van der Waals surface area contributed by atoms with Crippen LogP contribution in [0.4, 0.5) is 0 Å². The Labute approximate surface area is 184 Å². The molecule has 5 fully saturated rings. The highest BCUT2D eigenvalue weighted by Crippen LogP contribution is 2.67. The summed E-state index contributed by atoms with van der Waals surface area (Å²) in [4.78, 5) is 0. The molecule has 172 valence electrons. The zero-order valence-electron chi connectivity index (χ0n) is 19.9. The molecule has 0 aromatic carbocycles. The largest absolute Gasteiger partial charge is 0.393 e. The molecule has 1 aliphatic heterocycles. The summed E-state index contributed by atoms with van der Waals surface area (Å²) in [6.45, 7) is 11.0. The Kier molecular flexibility index (Phi) is 5.60. The average molecular weight is 418 g/mol. The van der Waals surface area contributed by atoms with Crippen LogP contribution >= 0.6 is 0 Å². The molecule has 0 unspecified atom stereocenters. The van der Waals surface area contributed by atoms with E-state index in [1.165, 1.54) is 44.9 Å². The number of nitrogens with one attached hydrogen (secondary N) is 1. The second kappa shape index (κ2) is 7.73. The summed E-state index contributed by atoms with van der Waals surface area (Å²) in [6.07, 6.45) is 12.0. The average Bonchev–Trinajstić information content (AvgIpc) is 3.00. The van der Waals surface area contributed by atoms with Gasteiger partial charge in [0.05, 0.1) is 12.2 Å². The van der Waals surface area contributed by atoms with Crippen molar-refractivity contribution in [2.75, 3.05) is 6.54 Å². The van der Waals surface area contributed by atoms with E-state index < -0.39 is 0 Å². The van der Waals surface area contributed by atoms with Gasteiger partial charge in [0.2, 0.25) is 0 Å². The summed E-state index contributed by atoms with van der Waals surface area (Å²) in [7, 11) is 0. The van der Waals surface area contributed by atoms with Crippen LogP contribution in [0.5, 0.6) is 0 Å². The topological polar surface area (TPSA) is 52.5 Å². The monoisotopic (exact) mass is 417 g/mol. The molecule has 3 heteroatoms. The minimum atomic E-state index is -0.138. The smallest absolute Gasteiger partial charge is 0.0602 e. The third kappa shape index (κ3) is 3.16. The fourth-order valence-corrected chi connectivity index (χ4v) is 9.74. The zero-order valence-corrected chi connectivity index (χ0v) is 19.9. The second-order valence-corrected chi connectivity index (χ2v) is 12.9. The predicted octanol–water partition coefficient (Wildman–Crippen LogP) is 5.00. The summed E-state index contributed by atoms with van der Waals surface area (Å²) in [6, 6.07) is 0.574. The van der Waals surface area contributed by atoms with E-state index in [1.807, 2.05) is 0 Å². The molecule has 3 N–H and O–H groups in total. The van der Waals surface area contributed by atoms with Gasteiger partial charge in [0.15, 0.2) is 0 Å². The van der Waals surface area contributed by atoms with Crippen molar-refractivity contribution in [2.45, 2.75) is 110 Å². The highest BCUT2D eigenvalue weighted by Gasteiger charge is 2.62. The molecule has 1 heterocycles. The van der Waals surface area contributed by atoms with Crippen molar-refractivity contribution in [1.29, 1.82) is 0 Å². The maximum Gasteiger partial charge on any atom is 0.0602 e. The van der Waals surface area contributed by atoms with Gasteiger partial charge in [-0.25, -0.2) is 0 Å². The van der Waals surface area contributed by atoms with Crippen molar-refractivity contribution in [2.24, 2.45) is 52.3 Å². The van der Waals surface area contributed by atoms with Crippen LogP contribution in [-0.2, 0) is 0 Å². The Morgan fingerprint density at radius 3 is 2.37 bits per heavy atom. The summed E-state index contributed by atoms with van der Waals surface area (Å²) in [5, 5.41) is 25.6. The standard InChI is InChI=1S/C27H47NO2/c1-16-5-10-24(28-15-16)17(2)27(4)23-9-8-22-20(21(23)14-25(27)30)7-6-18-13-19(29)11-12-26(18,22)3/h16-25,28-30H,5-15H2,1-4H3/t16-,17+,18-,19-,20-,21-,22-,23+,24-,25-,26-,27+/m0/s1. The summed E-state index contributed by atoms with van der Waals surface area (Å²) in [5.74, 6) is 5.11. The van der Waals surface area contributed by atoms with E-state index in [2.05, 4.69) is 33.0 Å². The molecule has 5 rings (SSSR count).